The molecule has 13 heavy (non-hydrogen) atoms. The third kappa shape index (κ3) is 1.37. The molecule has 0 bridgehead atoms. The molecular formula is C9H13N3O. The number of hydrogen-bond acceptors (Lipinski definition) is 3. The Morgan fingerprint density at radius 2 is 2.23 bits per heavy atom. The summed E-state index contributed by atoms with van der Waals surface area (Å²) in [5, 5.41) is 6.93. The molecular weight excluding hydrogens is 166 g/mol. The van der Waals surface area contributed by atoms with Gasteiger partial charge in [-0.15, -0.1) is 0 Å². The van der Waals surface area contributed by atoms with Crippen LogP contribution in [0.2, 0.25) is 0 Å². The number of hydrogen-bond donors (Lipinski definition) is 2. The molecule has 70 valence electrons. The molecule has 1 aromatic heterocycles. The molecule has 0 fully saturated rings. The van der Waals surface area contributed by atoms with Crippen molar-refractivity contribution in [2.75, 3.05) is 6.54 Å². The summed E-state index contributed by atoms with van der Waals surface area (Å²) in [6.45, 7) is 0.0529. The van der Waals surface area contributed by atoms with Gasteiger partial charge in [0.1, 0.15) is 5.69 Å². The number of aromatic amines is 1. The normalized spacial score (nSPS) is 15.5. The van der Waals surface area contributed by atoms with Gasteiger partial charge in [-0.25, -0.2) is 0 Å². The zero-order chi connectivity index (χ0) is 9.26. The largest absolute Gasteiger partial charge is 0.324 e. The molecule has 1 aliphatic rings. The molecule has 4 nitrogen and oxygen atoms in total. The Kier molecular flexibility index (Phi) is 2.14. The van der Waals surface area contributed by atoms with Crippen molar-refractivity contribution in [1.82, 2.24) is 10.2 Å². The van der Waals surface area contributed by atoms with Gasteiger partial charge in [0, 0.05) is 11.3 Å². The number of aryl methyl sites for hydroxylation is 1. The zero-order valence-electron chi connectivity index (χ0n) is 7.47. The molecule has 0 atom stereocenters. The van der Waals surface area contributed by atoms with E-state index >= 15 is 0 Å². The number of nitrogens with two attached hydrogens (primary N) is 1. The van der Waals surface area contributed by atoms with Crippen molar-refractivity contribution in [1.29, 1.82) is 0 Å². The van der Waals surface area contributed by atoms with Gasteiger partial charge in [0.25, 0.3) is 0 Å². The fourth-order valence-electron chi connectivity index (χ4n) is 1.81. The van der Waals surface area contributed by atoms with Crippen LogP contribution >= 0.6 is 0 Å². The lowest BCUT2D eigenvalue weighted by Crippen LogP contribution is -2.16. The molecule has 0 amide bonds. The van der Waals surface area contributed by atoms with E-state index in [4.69, 9.17) is 5.73 Å². The molecule has 0 saturated heterocycles. The molecule has 4 heteroatoms. The number of fused-ring (bicyclic) bond motifs is 1. The molecule has 3 N–H and O–H groups in total. The molecule has 0 radical (unpaired) electrons. The molecule has 1 aliphatic carbocycles. The monoisotopic (exact) mass is 179 g/mol. The zero-order valence-corrected chi connectivity index (χ0v) is 7.47. The van der Waals surface area contributed by atoms with Gasteiger partial charge in [-0.2, -0.15) is 5.10 Å². The van der Waals surface area contributed by atoms with Crippen molar-refractivity contribution in [2.45, 2.75) is 25.7 Å². The van der Waals surface area contributed by atoms with Crippen LogP contribution in [-0.2, 0) is 12.8 Å². The molecule has 0 unspecified atom stereocenters. The summed E-state index contributed by atoms with van der Waals surface area (Å²) in [7, 11) is 0. The van der Waals surface area contributed by atoms with Crippen LogP contribution in [0.4, 0.5) is 0 Å². The standard InChI is InChI=1S/C9H13N3O/c10-5-8(13)9-6-3-1-2-4-7(6)11-12-9/h1-5,10H2,(H,11,12). The predicted octanol–water partition coefficient (Wildman–Crippen LogP) is 0.430. The summed E-state index contributed by atoms with van der Waals surface area (Å²) in [5.74, 6) is -0.0561. The number of nitrogens with zero attached hydrogens (tertiary/aromatic N) is 1. The second-order valence-electron chi connectivity index (χ2n) is 3.36. The van der Waals surface area contributed by atoms with Crippen LogP contribution < -0.4 is 5.73 Å². The maximum atomic E-state index is 11.3. The van der Waals surface area contributed by atoms with Gasteiger partial charge in [-0.05, 0) is 25.7 Å². The first kappa shape index (κ1) is 8.44. The number of carbonyl (C=O) groups excluding carboxylic acids is 1. The van der Waals surface area contributed by atoms with Crippen LogP contribution in [-0.4, -0.2) is 22.5 Å². The fourth-order valence-corrected chi connectivity index (χ4v) is 1.81. The third-order valence-electron chi connectivity index (χ3n) is 2.51. The van der Waals surface area contributed by atoms with E-state index in [9.17, 15) is 4.79 Å². The van der Waals surface area contributed by atoms with Gasteiger partial charge >= 0.3 is 0 Å². The maximum Gasteiger partial charge on any atom is 0.196 e. The van der Waals surface area contributed by atoms with E-state index in [0.29, 0.717) is 5.69 Å². The summed E-state index contributed by atoms with van der Waals surface area (Å²) >= 11 is 0. The Hall–Kier alpha value is -1.16. The number of nitrogens with one attached hydrogen (secondary N) is 1. The molecule has 0 spiro atoms. The molecule has 1 aromatic rings. The smallest absolute Gasteiger partial charge is 0.196 e. The first-order valence-electron chi connectivity index (χ1n) is 4.62. The average molecular weight is 179 g/mol. The second-order valence-corrected chi connectivity index (χ2v) is 3.36. The highest BCUT2D eigenvalue weighted by atomic mass is 16.1. The molecule has 0 aliphatic heterocycles. The first-order valence-corrected chi connectivity index (χ1v) is 4.62. The second kappa shape index (κ2) is 3.30. The molecule has 2 rings (SSSR count). The van der Waals surface area contributed by atoms with E-state index in [1.165, 1.54) is 6.42 Å². The minimum absolute atomic E-state index is 0.0529. The van der Waals surface area contributed by atoms with E-state index in [2.05, 4.69) is 10.2 Å². The number of Topliss-reactive ketones (excluding diaryl/α,β-unsaturated/α-hetero) is 1. The molecule has 0 aromatic carbocycles. The Balaban J connectivity index is 2.36. The van der Waals surface area contributed by atoms with Crippen LogP contribution in [0.15, 0.2) is 0 Å². The Labute approximate surface area is 76.5 Å². The minimum Gasteiger partial charge on any atom is -0.324 e. The highest BCUT2D eigenvalue weighted by Gasteiger charge is 2.20. The van der Waals surface area contributed by atoms with Crippen molar-refractivity contribution < 1.29 is 4.79 Å². The summed E-state index contributed by atoms with van der Waals surface area (Å²) in [4.78, 5) is 11.3. The van der Waals surface area contributed by atoms with E-state index in [0.717, 1.165) is 30.5 Å². The minimum atomic E-state index is -0.0561. The average Bonchev–Trinajstić information content (AvgIpc) is 2.60. The van der Waals surface area contributed by atoms with E-state index in [-0.39, 0.29) is 12.3 Å². The highest BCUT2D eigenvalue weighted by Crippen LogP contribution is 2.21. The van der Waals surface area contributed by atoms with E-state index in [1.54, 1.807) is 0 Å². The van der Waals surface area contributed by atoms with Crippen LogP contribution in [0.1, 0.15) is 34.6 Å². The Morgan fingerprint density at radius 1 is 1.46 bits per heavy atom. The first-order chi connectivity index (χ1) is 6.33. The quantitative estimate of drug-likeness (QED) is 0.647. The SMILES string of the molecule is NCC(=O)c1n[nH]c2c1CCCC2. The van der Waals surface area contributed by atoms with Gasteiger partial charge in [0.15, 0.2) is 5.78 Å². The topological polar surface area (TPSA) is 71.8 Å². The number of rotatable bonds is 2. The van der Waals surface area contributed by atoms with Gasteiger partial charge in [0.05, 0.1) is 6.54 Å². The van der Waals surface area contributed by atoms with Crippen LogP contribution in [0.3, 0.4) is 0 Å². The number of H-pyrrole nitrogens is 1. The van der Waals surface area contributed by atoms with Gasteiger partial charge in [-0.3, -0.25) is 9.89 Å². The molecule has 0 saturated carbocycles. The Morgan fingerprint density at radius 3 is 3.00 bits per heavy atom. The van der Waals surface area contributed by atoms with Crippen molar-refractivity contribution in [2.24, 2.45) is 5.73 Å². The molecule has 1 heterocycles. The number of ketones is 1. The van der Waals surface area contributed by atoms with Gasteiger partial charge in [-0.1, -0.05) is 0 Å². The van der Waals surface area contributed by atoms with Crippen molar-refractivity contribution >= 4 is 5.78 Å². The van der Waals surface area contributed by atoms with Gasteiger partial charge in [0.2, 0.25) is 0 Å². The van der Waals surface area contributed by atoms with Crippen LogP contribution in [0.5, 0.6) is 0 Å². The van der Waals surface area contributed by atoms with E-state index in [1.807, 2.05) is 0 Å². The lowest BCUT2D eigenvalue weighted by Gasteiger charge is -2.09. The van der Waals surface area contributed by atoms with Crippen molar-refractivity contribution in [3.63, 3.8) is 0 Å². The summed E-state index contributed by atoms with van der Waals surface area (Å²) in [5.41, 5.74) is 8.09. The highest BCUT2D eigenvalue weighted by molar-refractivity contribution is 5.97. The number of carbonyl (C=O) groups is 1. The van der Waals surface area contributed by atoms with Crippen LogP contribution in [0.25, 0.3) is 0 Å². The third-order valence-corrected chi connectivity index (χ3v) is 2.51. The summed E-state index contributed by atoms with van der Waals surface area (Å²) in [6.07, 6.45) is 4.32. The summed E-state index contributed by atoms with van der Waals surface area (Å²) < 4.78 is 0. The lowest BCUT2D eigenvalue weighted by atomic mass is 9.95. The predicted molar refractivity (Wildman–Crippen MR) is 48.6 cm³/mol. The van der Waals surface area contributed by atoms with E-state index < -0.39 is 0 Å². The maximum absolute atomic E-state index is 11.3. The fraction of sp³-hybridized carbons (Fsp3) is 0.556. The van der Waals surface area contributed by atoms with Crippen LogP contribution in [0, 0.1) is 0 Å². The van der Waals surface area contributed by atoms with Crippen molar-refractivity contribution in [3.05, 3.63) is 17.0 Å². The van der Waals surface area contributed by atoms with Gasteiger partial charge < -0.3 is 5.73 Å². The summed E-state index contributed by atoms with van der Waals surface area (Å²) in [6, 6.07) is 0. The van der Waals surface area contributed by atoms with Crippen molar-refractivity contribution in [3.8, 4) is 0 Å². The lowest BCUT2D eigenvalue weighted by molar-refractivity contribution is 0.0995. The number of aromatic nitrogens is 2. The Bertz CT molecular complexity index is 330.